The van der Waals surface area contributed by atoms with Crippen molar-refractivity contribution >= 4 is 0 Å². The number of methoxy groups -OCH3 is 1. The van der Waals surface area contributed by atoms with Gasteiger partial charge in [-0.15, -0.1) is 0 Å². The number of ether oxygens (including phenoxy) is 1. The highest BCUT2D eigenvalue weighted by Crippen LogP contribution is 2.61. The molecule has 0 saturated heterocycles. The van der Waals surface area contributed by atoms with E-state index >= 15 is 0 Å². The maximum Gasteiger partial charge on any atom is 0.0587 e. The summed E-state index contributed by atoms with van der Waals surface area (Å²) in [7, 11) is 3.82. The lowest BCUT2D eigenvalue weighted by molar-refractivity contribution is 0.182. The smallest absolute Gasteiger partial charge is 0.0587 e. The molecule has 0 bridgehead atoms. The van der Waals surface area contributed by atoms with Crippen molar-refractivity contribution in [3.8, 4) is 0 Å². The molecule has 0 aromatic carbocycles. The minimum atomic E-state index is 0.519. The fourth-order valence-corrected chi connectivity index (χ4v) is 4.01. The van der Waals surface area contributed by atoms with Gasteiger partial charge in [0.1, 0.15) is 0 Å². The fraction of sp³-hybridized carbons (Fsp3) is 0.812. The Morgan fingerprint density at radius 3 is 2.90 bits per heavy atom. The van der Waals surface area contributed by atoms with E-state index in [1.165, 1.54) is 31.4 Å². The maximum absolute atomic E-state index is 5.13. The van der Waals surface area contributed by atoms with Gasteiger partial charge in [-0.2, -0.15) is 5.10 Å². The Morgan fingerprint density at radius 2 is 2.25 bits per heavy atom. The summed E-state index contributed by atoms with van der Waals surface area (Å²) in [6.45, 7) is 2.94. The molecule has 1 N–H and O–H groups in total. The van der Waals surface area contributed by atoms with Gasteiger partial charge < -0.3 is 10.1 Å². The van der Waals surface area contributed by atoms with Crippen LogP contribution in [0.1, 0.15) is 31.4 Å². The summed E-state index contributed by atoms with van der Waals surface area (Å²) in [5.74, 6) is 2.07. The van der Waals surface area contributed by atoms with Crippen LogP contribution in [-0.4, -0.2) is 36.6 Å². The normalized spacial score (nSPS) is 31.5. The van der Waals surface area contributed by atoms with Gasteiger partial charge in [0.15, 0.2) is 0 Å². The van der Waals surface area contributed by atoms with E-state index in [0.717, 1.165) is 38.0 Å². The van der Waals surface area contributed by atoms with Gasteiger partial charge in [0.05, 0.1) is 6.61 Å². The summed E-state index contributed by atoms with van der Waals surface area (Å²) >= 11 is 0. The molecule has 0 aliphatic heterocycles. The molecule has 2 aliphatic rings. The van der Waals surface area contributed by atoms with Crippen LogP contribution in [0.15, 0.2) is 12.3 Å². The molecule has 1 aromatic rings. The van der Waals surface area contributed by atoms with Crippen LogP contribution >= 0.6 is 0 Å². The number of nitrogens with zero attached hydrogens (tertiary/aromatic N) is 2. The van der Waals surface area contributed by atoms with Crippen molar-refractivity contribution in [2.24, 2.45) is 24.3 Å². The molecule has 4 nitrogen and oxygen atoms in total. The molecule has 20 heavy (non-hydrogen) atoms. The Hall–Kier alpha value is -0.870. The fourth-order valence-electron chi connectivity index (χ4n) is 4.01. The van der Waals surface area contributed by atoms with Crippen LogP contribution in [0, 0.1) is 17.3 Å². The van der Waals surface area contributed by atoms with Crippen molar-refractivity contribution in [2.75, 3.05) is 26.8 Å². The molecule has 4 heteroatoms. The Bertz CT molecular complexity index is 433. The predicted molar refractivity (Wildman–Crippen MR) is 79.5 cm³/mol. The van der Waals surface area contributed by atoms with Crippen molar-refractivity contribution in [2.45, 2.75) is 32.1 Å². The average Bonchev–Trinajstić information content (AvgIpc) is 2.86. The summed E-state index contributed by atoms with van der Waals surface area (Å²) in [6, 6.07) is 2.15. The van der Waals surface area contributed by atoms with Crippen LogP contribution in [-0.2, 0) is 18.2 Å². The summed E-state index contributed by atoms with van der Waals surface area (Å²) in [4.78, 5) is 0. The van der Waals surface area contributed by atoms with Crippen LogP contribution in [0.3, 0.4) is 0 Å². The molecule has 1 aromatic heterocycles. The second-order valence-corrected chi connectivity index (χ2v) is 6.78. The standard InChI is InChI=1S/C16H27N3O/c1-19-15(4-6-18-19)3-5-16(12-17-7-8-20-2)10-13-9-14(13)11-16/h4,6,13-14,17H,3,5,7-12H2,1-2H3. The lowest BCUT2D eigenvalue weighted by Crippen LogP contribution is -2.35. The van der Waals surface area contributed by atoms with E-state index in [9.17, 15) is 0 Å². The zero-order valence-electron chi connectivity index (χ0n) is 12.8. The van der Waals surface area contributed by atoms with Gasteiger partial charge in [0, 0.05) is 39.1 Å². The average molecular weight is 277 g/mol. The van der Waals surface area contributed by atoms with E-state index in [-0.39, 0.29) is 0 Å². The lowest BCUT2D eigenvalue weighted by Gasteiger charge is -2.31. The first-order chi connectivity index (χ1) is 9.72. The summed E-state index contributed by atoms with van der Waals surface area (Å²) in [5.41, 5.74) is 1.88. The molecule has 0 amide bonds. The molecular formula is C16H27N3O. The van der Waals surface area contributed by atoms with Crippen LogP contribution in [0.25, 0.3) is 0 Å². The SMILES string of the molecule is COCCNCC1(CCc2ccnn2C)CC2CC2C1. The molecule has 112 valence electrons. The summed E-state index contributed by atoms with van der Waals surface area (Å²) in [6.07, 6.45) is 8.70. The van der Waals surface area contributed by atoms with Gasteiger partial charge in [-0.3, -0.25) is 4.68 Å². The predicted octanol–water partition coefficient (Wildman–Crippen LogP) is 2.00. The maximum atomic E-state index is 5.13. The molecule has 1 heterocycles. The second kappa shape index (κ2) is 5.86. The van der Waals surface area contributed by atoms with Crippen LogP contribution in [0.2, 0.25) is 0 Å². The van der Waals surface area contributed by atoms with Gasteiger partial charge in [-0.05, 0) is 55.4 Å². The van der Waals surface area contributed by atoms with Gasteiger partial charge in [0.25, 0.3) is 0 Å². The Balaban J connectivity index is 1.54. The van der Waals surface area contributed by atoms with Crippen LogP contribution in [0.4, 0.5) is 0 Å². The Labute approximate surface area is 121 Å². The molecule has 2 unspecified atom stereocenters. The number of rotatable bonds is 8. The Kier molecular flexibility index (Phi) is 4.13. The molecule has 2 saturated carbocycles. The number of hydrogen-bond acceptors (Lipinski definition) is 3. The minimum absolute atomic E-state index is 0.519. The third-order valence-electron chi connectivity index (χ3n) is 5.28. The number of aryl methyl sites for hydroxylation is 2. The van der Waals surface area contributed by atoms with E-state index in [1.54, 1.807) is 7.11 Å². The highest BCUT2D eigenvalue weighted by Gasteiger charge is 2.52. The van der Waals surface area contributed by atoms with Gasteiger partial charge in [-0.1, -0.05) is 0 Å². The van der Waals surface area contributed by atoms with E-state index in [0.29, 0.717) is 5.41 Å². The summed E-state index contributed by atoms with van der Waals surface area (Å²) in [5, 5.41) is 7.89. The van der Waals surface area contributed by atoms with Crippen LogP contribution in [0.5, 0.6) is 0 Å². The zero-order chi connectivity index (χ0) is 14.0. The molecule has 3 rings (SSSR count). The molecule has 0 radical (unpaired) electrons. The van der Waals surface area contributed by atoms with E-state index in [2.05, 4.69) is 16.5 Å². The molecule has 2 fully saturated rings. The molecule has 2 atom stereocenters. The summed E-state index contributed by atoms with van der Waals surface area (Å²) < 4.78 is 7.15. The lowest BCUT2D eigenvalue weighted by atomic mass is 9.78. The molecular weight excluding hydrogens is 250 g/mol. The third-order valence-corrected chi connectivity index (χ3v) is 5.28. The second-order valence-electron chi connectivity index (χ2n) is 6.78. The van der Waals surface area contributed by atoms with E-state index in [1.807, 2.05) is 17.9 Å². The first-order valence-corrected chi connectivity index (χ1v) is 7.89. The quantitative estimate of drug-likeness (QED) is 0.739. The Morgan fingerprint density at radius 1 is 1.45 bits per heavy atom. The van der Waals surface area contributed by atoms with Crippen molar-refractivity contribution in [1.29, 1.82) is 0 Å². The van der Waals surface area contributed by atoms with Gasteiger partial charge in [-0.25, -0.2) is 0 Å². The van der Waals surface area contributed by atoms with E-state index in [4.69, 9.17) is 4.74 Å². The number of hydrogen-bond donors (Lipinski definition) is 1. The van der Waals surface area contributed by atoms with Crippen molar-refractivity contribution in [3.63, 3.8) is 0 Å². The topological polar surface area (TPSA) is 39.1 Å². The largest absolute Gasteiger partial charge is 0.383 e. The number of nitrogens with one attached hydrogen (secondary N) is 1. The van der Waals surface area contributed by atoms with Crippen LogP contribution < -0.4 is 5.32 Å². The number of aromatic nitrogens is 2. The first-order valence-electron chi connectivity index (χ1n) is 7.89. The van der Waals surface area contributed by atoms with E-state index < -0.39 is 0 Å². The minimum Gasteiger partial charge on any atom is -0.383 e. The third kappa shape index (κ3) is 3.07. The van der Waals surface area contributed by atoms with Gasteiger partial charge >= 0.3 is 0 Å². The molecule has 0 spiro atoms. The zero-order valence-corrected chi connectivity index (χ0v) is 12.8. The molecule has 2 aliphatic carbocycles. The first kappa shape index (κ1) is 14.1. The number of fused-ring (bicyclic) bond motifs is 1. The highest BCUT2D eigenvalue weighted by molar-refractivity contribution is 5.07. The van der Waals surface area contributed by atoms with Gasteiger partial charge in [0.2, 0.25) is 0 Å². The highest BCUT2D eigenvalue weighted by atomic mass is 16.5. The van der Waals surface area contributed by atoms with Crippen molar-refractivity contribution < 1.29 is 4.74 Å². The monoisotopic (exact) mass is 277 g/mol. The van der Waals surface area contributed by atoms with Crippen molar-refractivity contribution in [1.82, 2.24) is 15.1 Å². The van der Waals surface area contributed by atoms with Crippen molar-refractivity contribution in [3.05, 3.63) is 18.0 Å².